The fraction of sp³-hybridized carbons (Fsp3) is 0.294. The van der Waals surface area contributed by atoms with E-state index in [4.69, 9.17) is 5.73 Å². The number of hydrogen-bond acceptors (Lipinski definition) is 2. The van der Waals surface area contributed by atoms with Crippen molar-refractivity contribution in [3.8, 4) is 0 Å². The highest BCUT2D eigenvalue weighted by atomic mass is 15.1. The molecule has 0 fully saturated rings. The van der Waals surface area contributed by atoms with Gasteiger partial charge in [0.25, 0.3) is 0 Å². The number of benzene rings is 2. The quantitative estimate of drug-likeness (QED) is 0.845. The second-order valence-electron chi connectivity index (χ2n) is 5.21. The largest absolute Gasteiger partial charge is 0.399 e. The third-order valence-corrected chi connectivity index (χ3v) is 3.45. The van der Waals surface area contributed by atoms with Crippen molar-refractivity contribution in [3.05, 3.63) is 59.2 Å². The molecule has 0 saturated heterocycles. The number of likely N-dealkylation sites (N-methyl/N-ethyl adjacent to an activating group) is 1. The van der Waals surface area contributed by atoms with E-state index in [1.807, 2.05) is 12.1 Å². The maximum Gasteiger partial charge on any atom is 0.0393 e. The first-order valence-electron chi connectivity index (χ1n) is 6.69. The third-order valence-electron chi connectivity index (χ3n) is 3.45. The second-order valence-corrected chi connectivity index (χ2v) is 5.21. The van der Waals surface area contributed by atoms with Gasteiger partial charge in [-0.15, -0.1) is 0 Å². The van der Waals surface area contributed by atoms with Crippen molar-refractivity contribution < 1.29 is 0 Å². The van der Waals surface area contributed by atoms with Crippen LogP contribution in [0.3, 0.4) is 0 Å². The van der Waals surface area contributed by atoms with Crippen molar-refractivity contribution in [2.24, 2.45) is 0 Å². The highest BCUT2D eigenvalue weighted by Crippen LogP contribution is 2.20. The van der Waals surface area contributed by atoms with Gasteiger partial charge in [-0.05, 0) is 49.6 Å². The minimum absolute atomic E-state index is 0.840. The Morgan fingerprint density at radius 1 is 1.05 bits per heavy atom. The Morgan fingerprint density at radius 2 is 1.84 bits per heavy atom. The maximum atomic E-state index is 5.80. The summed E-state index contributed by atoms with van der Waals surface area (Å²) in [7, 11) is 2.14. The van der Waals surface area contributed by atoms with Gasteiger partial charge in [-0.3, -0.25) is 0 Å². The molecule has 0 radical (unpaired) electrons. The van der Waals surface area contributed by atoms with Crippen molar-refractivity contribution in [3.63, 3.8) is 0 Å². The van der Waals surface area contributed by atoms with Crippen LogP contribution in [0.15, 0.2) is 42.5 Å². The van der Waals surface area contributed by atoms with E-state index < -0.39 is 0 Å². The molecule has 0 amide bonds. The van der Waals surface area contributed by atoms with Crippen molar-refractivity contribution in [2.75, 3.05) is 24.2 Å². The van der Waals surface area contributed by atoms with Crippen molar-refractivity contribution >= 4 is 11.4 Å². The molecule has 0 saturated carbocycles. The molecule has 2 rings (SSSR count). The Hall–Kier alpha value is -1.96. The molecule has 0 aromatic heterocycles. The molecule has 0 atom stereocenters. The normalized spacial score (nSPS) is 10.5. The fourth-order valence-corrected chi connectivity index (χ4v) is 2.40. The van der Waals surface area contributed by atoms with Gasteiger partial charge in [-0.2, -0.15) is 0 Å². The van der Waals surface area contributed by atoms with Gasteiger partial charge in [0, 0.05) is 25.0 Å². The summed E-state index contributed by atoms with van der Waals surface area (Å²) in [6.07, 6.45) is 1.01. The van der Waals surface area contributed by atoms with Crippen LogP contribution < -0.4 is 10.6 Å². The summed E-state index contributed by atoms with van der Waals surface area (Å²) in [6, 6.07) is 14.7. The van der Waals surface area contributed by atoms with Crippen LogP contribution in [-0.4, -0.2) is 13.6 Å². The molecule has 2 aromatic carbocycles. The fourth-order valence-electron chi connectivity index (χ4n) is 2.40. The van der Waals surface area contributed by atoms with Crippen molar-refractivity contribution in [1.29, 1.82) is 0 Å². The molecule has 2 nitrogen and oxygen atoms in total. The zero-order chi connectivity index (χ0) is 13.8. The van der Waals surface area contributed by atoms with Crippen molar-refractivity contribution in [2.45, 2.75) is 20.3 Å². The Bertz CT molecular complexity index is 561. The number of nitrogen functional groups attached to an aromatic ring is 1. The number of hydrogen-bond donors (Lipinski definition) is 1. The lowest BCUT2D eigenvalue weighted by atomic mass is 10.1. The van der Waals surface area contributed by atoms with Crippen LogP contribution in [0.25, 0.3) is 0 Å². The number of anilines is 2. The van der Waals surface area contributed by atoms with Gasteiger partial charge in [-0.1, -0.05) is 29.8 Å². The third kappa shape index (κ3) is 3.50. The van der Waals surface area contributed by atoms with E-state index in [9.17, 15) is 0 Å². The molecule has 0 bridgehead atoms. The first kappa shape index (κ1) is 13.5. The Balaban J connectivity index is 2.03. The molecule has 0 heterocycles. The van der Waals surface area contributed by atoms with Crippen molar-refractivity contribution in [1.82, 2.24) is 0 Å². The summed E-state index contributed by atoms with van der Waals surface area (Å²) >= 11 is 0. The Kier molecular flexibility index (Phi) is 4.10. The number of rotatable bonds is 4. The Labute approximate surface area is 115 Å². The topological polar surface area (TPSA) is 29.3 Å². The summed E-state index contributed by atoms with van der Waals surface area (Å²) in [5.74, 6) is 0. The summed E-state index contributed by atoms with van der Waals surface area (Å²) in [5, 5.41) is 0. The molecular formula is C17H22N2. The van der Waals surface area contributed by atoms with E-state index >= 15 is 0 Å². The lowest BCUT2D eigenvalue weighted by Gasteiger charge is -2.22. The van der Waals surface area contributed by atoms with Crippen LogP contribution in [0.1, 0.15) is 16.7 Å². The molecule has 0 spiro atoms. The standard InChI is InChI=1S/C17H22N2/c1-13-7-8-17(14(2)11-13)19(3)10-9-15-5-4-6-16(18)12-15/h4-8,11-12H,9-10,18H2,1-3H3. The molecule has 2 heteroatoms. The Morgan fingerprint density at radius 3 is 2.53 bits per heavy atom. The van der Waals surface area contributed by atoms with E-state index in [-0.39, 0.29) is 0 Å². The average molecular weight is 254 g/mol. The van der Waals surface area contributed by atoms with Crippen LogP contribution in [0.5, 0.6) is 0 Å². The molecule has 0 aliphatic heterocycles. The summed E-state index contributed by atoms with van der Waals surface area (Å²) in [5.41, 5.74) is 11.9. The minimum atomic E-state index is 0.840. The second kappa shape index (κ2) is 5.79. The zero-order valence-electron chi connectivity index (χ0n) is 12.0. The summed E-state index contributed by atoms with van der Waals surface area (Å²) < 4.78 is 0. The summed E-state index contributed by atoms with van der Waals surface area (Å²) in [6.45, 7) is 5.29. The predicted octanol–water partition coefficient (Wildman–Crippen LogP) is 3.56. The van der Waals surface area contributed by atoms with Gasteiger partial charge < -0.3 is 10.6 Å². The van der Waals surface area contributed by atoms with E-state index in [1.54, 1.807) is 0 Å². The van der Waals surface area contributed by atoms with E-state index in [0.717, 1.165) is 18.7 Å². The van der Waals surface area contributed by atoms with Crippen LogP contribution in [0.4, 0.5) is 11.4 Å². The van der Waals surface area contributed by atoms with Gasteiger partial charge in [0.1, 0.15) is 0 Å². The van der Waals surface area contributed by atoms with E-state index in [0.29, 0.717) is 0 Å². The van der Waals surface area contributed by atoms with E-state index in [2.05, 4.69) is 56.1 Å². The predicted molar refractivity (Wildman–Crippen MR) is 83.7 cm³/mol. The highest BCUT2D eigenvalue weighted by Gasteiger charge is 2.05. The molecule has 0 unspecified atom stereocenters. The molecule has 0 aliphatic carbocycles. The summed E-state index contributed by atoms with van der Waals surface area (Å²) in [4.78, 5) is 2.30. The van der Waals surface area contributed by atoms with E-state index in [1.165, 1.54) is 22.4 Å². The lowest BCUT2D eigenvalue weighted by Crippen LogP contribution is -2.21. The first-order chi connectivity index (χ1) is 9.06. The average Bonchev–Trinajstić information content (AvgIpc) is 2.36. The zero-order valence-corrected chi connectivity index (χ0v) is 12.0. The number of aryl methyl sites for hydroxylation is 2. The maximum absolute atomic E-state index is 5.80. The molecule has 2 N–H and O–H groups in total. The first-order valence-corrected chi connectivity index (χ1v) is 6.69. The smallest absolute Gasteiger partial charge is 0.0393 e. The van der Waals surface area contributed by atoms with Gasteiger partial charge in [0.05, 0.1) is 0 Å². The number of nitrogens with zero attached hydrogens (tertiary/aromatic N) is 1. The molecule has 2 aromatic rings. The number of nitrogens with two attached hydrogens (primary N) is 1. The molecule has 0 aliphatic rings. The monoisotopic (exact) mass is 254 g/mol. The van der Waals surface area contributed by atoms with Crippen LogP contribution in [-0.2, 0) is 6.42 Å². The van der Waals surface area contributed by atoms with Gasteiger partial charge in [-0.25, -0.2) is 0 Å². The van der Waals surface area contributed by atoms with Crippen LogP contribution in [0.2, 0.25) is 0 Å². The molecular weight excluding hydrogens is 232 g/mol. The lowest BCUT2D eigenvalue weighted by molar-refractivity contribution is 0.873. The van der Waals surface area contributed by atoms with Gasteiger partial charge in [0.2, 0.25) is 0 Å². The van der Waals surface area contributed by atoms with Crippen LogP contribution in [0, 0.1) is 13.8 Å². The highest BCUT2D eigenvalue weighted by molar-refractivity contribution is 5.54. The van der Waals surface area contributed by atoms with Gasteiger partial charge in [0.15, 0.2) is 0 Å². The van der Waals surface area contributed by atoms with Gasteiger partial charge >= 0.3 is 0 Å². The van der Waals surface area contributed by atoms with Crippen LogP contribution >= 0.6 is 0 Å². The SMILES string of the molecule is Cc1ccc(N(C)CCc2cccc(N)c2)c(C)c1. The molecule has 100 valence electrons. The molecule has 19 heavy (non-hydrogen) atoms. The minimum Gasteiger partial charge on any atom is -0.399 e.